The van der Waals surface area contributed by atoms with E-state index in [1.807, 2.05) is 0 Å². The minimum absolute atomic E-state index is 0.441. The van der Waals surface area contributed by atoms with E-state index in [9.17, 15) is 10.4 Å². The van der Waals surface area contributed by atoms with Crippen molar-refractivity contribution in [3.8, 4) is 34.5 Å². The van der Waals surface area contributed by atoms with E-state index in [-0.39, 0.29) is 0 Å². The van der Waals surface area contributed by atoms with E-state index in [0.717, 1.165) is 22.3 Å². The zero-order valence-corrected chi connectivity index (χ0v) is 21.6. The zero-order chi connectivity index (χ0) is 26.2. The Balaban J connectivity index is 1.95. The van der Waals surface area contributed by atoms with Gasteiger partial charge in [-0.1, -0.05) is 0 Å². The van der Waals surface area contributed by atoms with Gasteiger partial charge in [-0.05, 0) is 37.1 Å². The smallest absolute Gasteiger partial charge is 0.224 e. The Morgan fingerprint density at radius 1 is 0.583 bits per heavy atom. The largest absolute Gasteiger partial charge is 0.623 e. The molecule has 0 bridgehead atoms. The first-order valence-electron chi connectivity index (χ1n) is 11.6. The molecule has 1 aliphatic carbocycles. The SMILES string of the molecule is COc1cc(/C=[N+](\[O-])[C@H]2CCCC[C@@H]2/[N+]([O-])=C/c2cc(OC)c(OC)c(OC)c2)cc(OC)c1OC. The fraction of sp³-hybridized carbons (Fsp3) is 0.462. The fourth-order valence-corrected chi connectivity index (χ4v) is 4.52. The normalized spacial score (nSPS) is 18.4. The van der Waals surface area contributed by atoms with Crippen LogP contribution < -0.4 is 28.4 Å². The van der Waals surface area contributed by atoms with Gasteiger partial charge in [-0.25, -0.2) is 9.48 Å². The first-order chi connectivity index (χ1) is 17.4. The maximum atomic E-state index is 13.3. The quantitative estimate of drug-likeness (QED) is 0.210. The molecule has 0 saturated heterocycles. The van der Waals surface area contributed by atoms with Crippen LogP contribution in [-0.4, -0.2) is 76.6 Å². The van der Waals surface area contributed by atoms with E-state index in [2.05, 4.69) is 0 Å². The molecule has 10 nitrogen and oxygen atoms in total. The second kappa shape index (κ2) is 12.2. The molecule has 0 aliphatic heterocycles. The summed E-state index contributed by atoms with van der Waals surface area (Å²) in [5, 5.41) is 26.6. The monoisotopic (exact) mass is 502 g/mol. The van der Waals surface area contributed by atoms with Gasteiger partial charge in [0.1, 0.15) is 0 Å². The molecular weight excluding hydrogens is 468 g/mol. The van der Waals surface area contributed by atoms with Gasteiger partial charge in [0.15, 0.2) is 35.4 Å². The van der Waals surface area contributed by atoms with E-state index in [1.54, 1.807) is 24.3 Å². The highest BCUT2D eigenvalue weighted by atomic mass is 16.5. The lowest BCUT2D eigenvalue weighted by Crippen LogP contribution is -2.44. The summed E-state index contributed by atoms with van der Waals surface area (Å²) in [6.07, 6.45) is 5.83. The molecule has 1 aliphatic rings. The molecule has 0 aromatic heterocycles. The van der Waals surface area contributed by atoms with Crippen LogP contribution in [0.15, 0.2) is 24.3 Å². The highest BCUT2D eigenvalue weighted by Gasteiger charge is 2.37. The Kier molecular flexibility index (Phi) is 9.10. The Labute approximate surface area is 211 Å². The molecule has 196 valence electrons. The molecule has 2 aromatic rings. The Bertz CT molecular complexity index is 978. The lowest BCUT2D eigenvalue weighted by atomic mass is 9.90. The Hall–Kier alpha value is -3.82. The van der Waals surface area contributed by atoms with Crippen LogP contribution in [0.1, 0.15) is 36.8 Å². The summed E-state index contributed by atoms with van der Waals surface area (Å²) in [6, 6.07) is 5.71. The van der Waals surface area contributed by atoms with Gasteiger partial charge in [0.25, 0.3) is 0 Å². The van der Waals surface area contributed by atoms with Crippen molar-refractivity contribution >= 4 is 12.4 Å². The van der Waals surface area contributed by atoms with Gasteiger partial charge in [0.05, 0.1) is 42.7 Å². The molecule has 2 atom stereocenters. The fourth-order valence-electron chi connectivity index (χ4n) is 4.52. The number of rotatable bonds is 10. The lowest BCUT2D eigenvalue weighted by Gasteiger charge is -2.28. The molecule has 10 heteroatoms. The molecule has 1 fully saturated rings. The third kappa shape index (κ3) is 5.69. The first kappa shape index (κ1) is 26.8. The summed E-state index contributed by atoms with van der Waals surface area (Å²) in [7, 11) is 9.10. The standard InChI is InChI=1S/C26H34N2O8/c1-31-21-11-17(12-22(32-2)25(21)35-5)15-27(29)19-9-7-8-10-20(19)28(30)16-18-13-23(33-3)26(36-6)24(14-18)34-4/h11-16,19-20H,7-10H2,1-6H3/b27-15-,28-16-/t19-,20-/m0/s1. The molecular formula is C26H34N2O8. The van der Waals surface area contributed by atoms with Crippen LogP contribution >= 0.6 is 0 Å². The first-order valence-corrected chi connectivity index (χ1v) is 11.6. The Morgan fingerprint density at radius 3 is 1.14 bits per heavy atom. The van der Waals surface area contributed by atoms with Crippen molar-refractivity contribution in [2.75, 3.05) is 42.7 Å². The van der Waals surface area contributed by atoms with Crippen molar-refractivity contribution in [2.45, 2.75) is 37.8 Å². The predicted octanol–water partition coefficient (Wildman–Crippen LogP) is 3.61. The summed E-state index contributed by atoms with van der Waals surface area (Å²) in [5.41, 5.74) is 1.16. The van der Waals surface area contributed by atoms with Crippen molar-refractivity contribution in [1.82, 2.24) is 0 Å². The maximum Gasteiger partial charge on any atom is 0.224 e. The maximum absolute atomic E-state index is 13.3. The molecule has 0 spiro atoms. The van der Waals surface area contributed by atoms with Crippen LogP contribution in [0.3, 0.4) is 0 Å². The highest BCUT2D eigenvalue weighted by molar-refractivity contribution is 5.80. The Morgan fingerprint density at radius 2 is 0.889 bits per heavy atom. The van der Waals surface area contributed by atoms with Gasteiger partial charge in [-0.2, -0.15) is 0 Å². The molecule has 0 amide bonds. The van der Waals surface area contributed by atoms with E-state index in [4.69, 9.17) is 28.4 Å². The van der Waals surface area contributed by atoms with Gasteiger partial charge >= 0.3 is 0 Å². The van der Waals surface area contributed by atoms with Gasteiger partial charge in [0, 0.05) is 24.0 Å². The number of methoxy groups -OCH3 is 6. The number of hydrogen-bond donors (Lipinski definition) is 0. The molecule has 0 radical (unpaired) electrons. The van der Waals surface area contributed by atoms with Crippen LogP contribution in [0.5, 0.6) is 34.5 Å². The second-order valence-corrected chi connectivity index (χ2v) is 8.31. The summed E-state index contributed by atoms with van der Waals surface area (Å²) in [6.45, 7) is 0. The van der Waals surface area contributed by atoms with E-state index >= 15 is 0 Å². The number of nitrogens with zero attached hydrogens (tertiary/aromatic N) is 2. The molecule has 0 heterocycles. The molecule has 0 N–H and O–H groups in total. The lowest BCUT2D eigenvalue weighted by molar-refractivity contribution is -0.598. The number of ether oxygens (including phenoxy) is 6. The average Bonchev–Trinajstić information content (AvgIpc) is 2.91. The van der Waals surface area contributed by atoms with Gasteiger partial charge in [-0.3, -0.25) is 0 Å². The molecule has 3 rings (SSSR count). The third-order valence-corrected chi connectivity index (χ3v) is 6.27. The van der Waals surface area contributed by atoms with Crippen molar-refractivity contribution in [3.05, 3.63) is 45.8 Å². The summed E-state index contributed by atoms with van der Waals surface area (Å²) in [5.74, 6) is 2.65. The second-order valence-electron chi connectivity index (χ2n) is 8.31. The van der Waals surface area contributed by atoms with E-state index in [0.29, 0.717) is 58.5 Å². The minimum atomic E-state index is -0.534. The van der Waals surface area contributed by atoms with Gasteiger partial charge < -0.3 is 38.8 Å². The van der Waals surface area contributed by atoms with Crippen molar-refractivity contribution in [2.24, 2.45) is 0 Å². The average molecular weight is 503 g/mol. The number of hydroxylamine groups is 2. The van der Waals surface area contributed by atoms with Gasteiger partial charge in [0.2, 0.25) is 23.6 Å². The van der Waals surface area contributed by atoms with E-state index in [1.165, 1.54) is 55.1 Å². The van der Waals surface area contributed by atoms with Crippen LogP contribution in [-0.2, 0) is 0 Å². The van der Waals surface area contributed by atoms with Crippen molar-refractivity contribution in [3.63, 3.8) is 0 Å². The van der Waals surface area contributed by atoms with Crippen LogP contribution in [0.2, 0.25) is 0 Å². The summed E-state index contributed by atoms with van der Waals surface area (Å²) in [4.78, 5) is 0. The molecule has 2 aromatic carbocycles. The highest BCUT2D eigenvalue weighted by Crippen LogP contribution is 2.39. The van der Waals surface area contributed by atoms with Crippen molar-refractivity contribution < 1.29 is 37.9 Å². The number of benzene rings is 2. The number of hydrogen-bond acceptors (Lipinski definition) is 8. The topological polar surface area (TPSA) is 108 Å². The molecule has 0 unspecified atom stereocenters. The van der Waals surface area contributed by atoms with E-state index < -0.39 is 12.1 Å². The van der Waals surface area contributed by atoms with Crippen LogP contribution in [0.25, 0.3) is 0 Å². The van der Waals surface area contributed by atoms with Gasteiger partial charge in [-0.15, -0.1) is 0 Å². The predicted molar refractivity (Wildman–Crippen MR) is 136 cm³/mol. The molecule has 36 heavy (non-hydrogen) atoms. The summed E-state index contributed by atoms with van der Waals surface area (Å²) < 4.78 is 34.0. The van der Waals surface area contributed by atoms with Crippen LogP contribution in [0.4, 0.5) is 0 Å². The minimum Gasteiger partial charge on any atom is -0.623 e. The zero-order valence-electron chi connectivity index (χ0n) is 21.6. The third-order valence-electron chi connectivity index (χ3n) is 6.27. The molecule has 1 saturated carbocycles. The van der Waals surface area contributed by atoms with Crippen molar-refractivity contribution in [1.29, 1.82) is 0 Å². The van der Waals surface area contributed by atoms with Crippen LogP contribution in [0, 0.1) is 10.4 Å². The summed E-state index contributed by atoms with van der Waals surface area (Å²) >= 11 is 0.